The summed E-state index contributed by atoms with van der Waals surface area (Å²) in [6.07, 6.45) is 35.8. The quantitative estimate of drug-likeness (QED) is 0.0305. The average Bonchev–Trinajstić information content (AvgIpc) is 3.14. The highest BCUT2D eigenvalue weighted by atomic mass is 16.7. The first-order valence-electron chi connectivity index (χ1n) is 20.5. The first-order valence-corrected chi connectivity index (χ1v) is 20.5. The van der Waals surface area contributed by atoms with E-state index in [-0.39, 0.29) is 12.5 Å². The number of unbranched alkanes of at least 4 members (excludes halogenated alkanes) is 12. The van der Waals surface area contributed by atoms with E-state index in [1.807, 2.05) is 0 Å². The summed E-state index contributed by atoms with van der Waals surface area (Å²) >= 11 is 0. The fourth-order valence-corrected chi connectivity index (χ4v) is 6.07. The fourth-order valence-electron chi connectivity index (χ4n) is 6.07. The van der Waals surface area contributed by atoms with E-state index in [0.717, 1.165) is 83.5 Å². The predicted molar refractivity (Wildman–Crippen MR) is 212 cm³/mol. The minimum absolute atomic E-state index is 0.147. The van der Waals surface area contributed by atoms with E-state index in [9.17, 15) is 30.3 Å². The number of aliphatic hydroxyl groups excluding tert-OH is 5. The molecule has 1 aliphatic rings. The van der Waals surface area contributed by atoms with Crippen molar-refractivity contribution in [1.82, 2.24) is 5.32 Å². The standard InChI is InChI=1S/C43H75NO8/c1-3-5-7-9-10-11-12-13-14-15-16-17-18-19-20-21-22-23-24-25-26-27-28-29-31-33-39(47)44-36(37(46)32-30-8-6-4-2)35-51-43-42(50)41(49)40(48)38(34-45)52-43/h5,7,10-11,13-14,16-17,19-20,36-38,40-43,45-46,48-50H,3-4,6,8-9,12,15,18,21-35H2,1-2H3,(H,44,47)/b7-5-,11-10-,14-13-,17-16-,20-19-. The molecule has 0 bridgehead atoms. The van der Waals surface area contributed by atoms with Crippen LogP contribution in [0.3, 0.4) is 0 Å². The Morgan fingerprint density at radius 2 is 1.19 bits per heavy atom. The van der Waals surface area contributed by atoms with Gasteiger partial charge in [-0.1, -0.05) is 145 Å². The van der Waals surface area contributed by atoms with Gasteiger partial charge in [0.15, 0.2) is 6.29 Å². The van der Waals surface area contributed by atoms with Crippen LogP contribution in [0.2, 0.25) is 0 Å². The molecule has 0 aromatic carbocycles. The lowest BCUT2D eigenvalue weighted by atomic mass is 9.99. The van der Waals surface area contributed by atoms with Crippen molar-refractivity contribution in [2.75, 3.05) is 13.2 Å². The Morgan fingerprint density at radius 1 is 0.673 bits per heavy atom. The lowest BCUT2D eigenvalue weighted by Crippen LogP contribution is -2.60. The van der Waals surface area contributed by atoms with Gasteiger partial charge in [-0.05, 0) is 57.8 Å². The zero-order valence-corrected chi connectivity index (χ0v) is 32.5. The molecule has 7 unspecified atom stereocenters. The Kier molecular flexibility index (Phi) is 30.8. The van der Waals surface area contributed by atoms with Crippen molar-refractivity contribution in [3.05, 3.63) is 60.8 Å². The van der Waals surface area contributed by atoms with Crippen LogP contribution in [0.15, 0.2) is 60.8 Å². The zero-order valence-electron chi connectivity index (χ0n) is 32.5. The molecule has 7 atom stereocenters. The van der Waals surface area contributed by atoms with Gasteiger partial charge in [0.25, 0.3) is 0 Å². The summed E-state index contributed by atoms with van der Waals surface area (Å²) < 4.78 is 11.1. The van der Waals surface area contributed by atoms with Crippen LogP contribution in [-0.4, -0.2) is 87.5 Å². The number of hydrogen-bond acceptors (Lipinski definition) is 8. The Bertz CT molecular complexity index is 994. The summed E-state index contributed by atoms with van der Waals surface area (Å²) in [7, 11) is 0. The number of rotatable bonds is 32. The molecule has 1 heterocycles. The molecule has 9 heteroatoms. The Hall–Kier alpha value is -2.11. The van der Waals surface area contributed by atoms with Gasteiger partial charge in [-0.3, -0.25) is 4.79 Å². The molecule has 0 aromatic rings. The van der Waals surface area contributed by atoms with Crippen LogP contribution in [0.4, 0.5) is 0 Å². The molecule has 0 spiro atoms. The van der Waals surface area contributed by atoms with Gasteiger partial charge in [-0.15, -0.1) is 0 Å². The normalized spacial score (nSPS) is 22.5. The van der Waals surface area contributed by atoms with Crippen molar-refractivity contribution >= 4 is 5.91 Å². The topological polar surface area (TPSA) is 149 Å². The van der Waals surface area contributed by atoms with Crippen molar-refractivity contribution in [2.45, 2.75) is 192 Å². The number of aliphatic hydroxyl groups is 5. The third-order valence-corrected chi connectivity index (χ3v) is 9.39. The van der Waals surface area contributed by atoms with Gasteiger partial charge in [0.05, 0.1) is 25.4 Å². The number of carbonyl (C=O) groups excluding carboxylic acids is 1. The number of hydrogen-bond donors (Lipinski definition) is 6. The molecule has 9 nitrogen and oxygen atoms in total. The molecule has 6 N–H and O–H groups in total. The molecule has 1 rings (SSSR count). The van der Waals surface area contributed by atoms with E-state index in [1.165, 1.54) is 38.5 Å². The largest absolute Gasteiger partial charge is 0.394 e. The highest BCUT2D eigenvalue weighted by Crippen LogP contribution is 2.23. The fraction of sp³-hybridized carbons (Fsp3) is 0.744. The lowest BCUT2D eigenvalue weighted by molar-refractivity contribution is -0.302. The average molecular weight is 734 g/mol. The van der Waals surface area contributed by atoms with Gasteiger partial charge in [0.1, 0.15) is 24.4 Å². The van der Waals surface area contributed by atoms with Gasteiger partial charge in [0.2, 0.25) is 5.91 Å². The lowest BCUT2D eigenvalue weighted by Gasteiger charge is -2.40. The van der Waals surface area contributed by atoms with E-state index < -0.39 is 49.5 Å². The summed E-state index contributed by atoms with van der Waals surface area (Å²) in [4.78, 5) is 12.8. The van der Waals surface area contributed by atoms with Crippen LogP contribution in [0.25, 0.3) is 0 Å². The monoisotopic (exact) mass is 734 g/mol. The van der Waals surface area contributed by atoms with Gasteiger partial charge < -0.3 is 40.3 Å². The van der Waals surface area contributed by atoms with Crippen molar-refractivity contribution in [1.29, 1.82) is 0 Å². The maximum Gasteiger partial charge on any atom is 0.220 e. The van der Waals surface area contributed by atoms with Crippen molar-refractivity contribution < 1.29 is 39.8 Å². The molecule has 1 fully saturated rings. The second-order valence-electron chi connectivity index (χ2n) is 14.1. The summed E-state index contributed by atoms with van der Waals surface area (Å²) in [6.45, 7) is 3.56. The van der Waals surface area contributed by atoms with Crippen molar-refractivity contribution in [3.63, 3.8) is 0 Å². The number of amides is 1. The Morgan fingerprint density at radius 3 is 1.75 bits per heavy atom. The number of nitrogens with one attached hydrogen (secondary N) is 1. The third kappa shape index (κ3) is 24.3. The Balaban J connectivity index is 2.16. The molecule has 0 saturated carbocycles. The molecule has 1 amide bonds. The molecule has 300 valence electrons. The maximum absolute atomic E-state index is 12.8. The first kappa shape index (κ1) is 47.9. The summed E-state index contributed by atoms with van der Waals surface area (Å²) in [5, 5.41) is 53.6. The van der Waals surface area contributed by atoms with Crippen LogP contribution in [0, 0.1) is 0 Å². The zero-order chi connectivity index (χ0) is 38.1. The van der Waals surface area contributed by atoms with Gasteiger partial charge in [0, 0.05) is 6.42 Å². The molecule has 52 heavy (non-hydrogen) atoms. The second-order valence-corrected chi connectivity index (χ2v) is 14.1. The minimum atomic E-state index is -1.55. The van der Waals surface area contributed by atoms with E-state index in [1.54, 1.807) is 0 Å². The van der Waals surface area contributed by atoms with E-state index >= 15 is 0 Å². The molecular weight excluding hydrogens is 658 g/mol. The predicted octanol–water partition coefficient (Wildman–Crippen LogP) is 7.66. The summed E-state index contributed by atoms with van der Waals surface area (Å²) in [5.41, 5.74) is 0. The molecular formula is C43H75NO8. The summed E-state index contributed by atoms with van der Waals surface area (Å²) in [5.74, 6) is -0.164. The number of allylic oxidation sites excluding steroid dienone is 10. The smallest absolute Gasteiger partial charge is 0.220 e. The minimum Gasteiger partial charge on any atom is -0.394 e. The molecule has 0 radical (unpaired) electrons. The Labute approximate surface area is 316 Å². The first-order chi connectivity index (χ1) is 25.3. The van der Waals surface area contributed by atoms with Gasteiger partial charge >= 0.3 is 0 Å². The molecule has 0 aliphatic carbocycles. The van der Waals surface area contributed by atoms with Crippen LogP contribution in [-0.2, 0) is 14.3 Å². The summed E-state index contributed by atoms with van der Waals surface area (Å²) in [6, 6.07) is -0.720. The van der Waals surface area contributed by atoms with Crippen LogP contribution < -0.4 is 5.32 Å². The van der Waals surface area contributed by atoms with E-state index in [2.05, 4.69) is 79.9 Å². The second kappa shape index (κ2) is 33.5. The van der Waals surface area contributed by atoms with E-state index in [0.29, 0.717) is 12.8 Å². The van der Waals surface area contributed by atoms with Crippen LogP contribution >= 0.6 is 0 Å². The SMILES string of the molecule is CC/C=C\C/C=C\C/C=C\C/C=C\C/C=C\CCCCCCCCCCCC(=O)NC(COC1OC(CO)C(O)C(O)C1O)C(O)CCCCCC. The van der Waals surface area contributed by atoms with E-state index in [4.69, 9.17) is 9.47 Å². The third-order valence-electron chi connectivity index (χ3n) is 9.39. The molecule has 1 aliphatic heterocycles. The molecule has 0 aromatic heterocycles. The highest BCUT2D eigenvalue weighted by Gasteiger charge is 2.44. The maximum atomic E-state index is 12.8. The highest BCUT2D eigenvalue weighted by molar-refractivity contribution is 5.76. The number of ether oxygens (including phenoxy) is 2. The van der Waals surface area contributed by atoms with Crippen LogP contribution in [0.1, 0.15) is 149 Å². The van der Waals surface area contributed by atoms with Gasteiger partial charge in [-0.2, -0.15) is 0 Å². The van der Waals surface area contributed by atoms with Crippen molar-refractivity contribution in [2.24, 2.45) is 0 Å². The number of carbonyl (C=O) groups is 1. The van der Waals surface area contributed by atoms with Gasteiger partial charge in [-0.25, -0.2) is 0 Å². The van der Waals surface area contributed by atoms with Crippen LogP contribution in [0.5, 0.6) is 0 Å². The van der Waals surface area contributed by atoms with Crippen molar-refractivity contribution in [3.8, 4) is 0 Å². The molecule has 1 saturated heterocycles.